The first-order valence-corrected chi connectivity index (χ1v) is 6.11. The Morgan fingerprint density at radius 1 is 1.50 bits per heavy atom. The zero-order chi connectivity index (χ0) is 11.2. The van der Waals surface area contributed by atoms with E-state index >= 15 is 0 Å². The lowest BCUT2D eigenvalue weighted by molar-refractivity contribution is -0.00204. The lowest BCUT2D eigenvalue weighted by Crippen LogP contribution is -2.11. The summed E-state index contributed by atoms with van der Waals surface area (Å²) in [4.78, 5) is 4.31. The molecule has 16 heavy (non-hydrogen) atoms. The third-order valence-electron chi connectivity index (χ3n) is 2.88. The van der Waals surface area contributed by atoms with E-state index in [2.05, 4.69) is 10.3 Å². The van der Waals surface area contributed by atoms with Gasteiger partial charge < -0.3 is 14.5 Å². The summed E-state index contributed by atoms with van der Waals surface area (Å²) in [7, 11) is 1.96. The van der Waals surface area contributed by atoms with Crippen LogP contribution in [0.1, 0.15) is 43.4 Å². The summed E-state index contributed by atoms with van der Waals surface area (Å²) in [5.74, 6) is 1.73. The molecule has 1 atom stereocenters. The van der Waals surface area contributed by atoms with Crippen molar-refractivity contribution >= 4 is 0 Å². The normalized spacial score (nSPS) is 21.2. The van der Waals surface area contributed by atoms with Crippen LogP contribution >= 0.6 is 0 Å². The number of nitrogens with zero attached hydrogens (tertiary/aromatic N) is 1. The van der Waals surface area contributed by atoms with Gasteiger partial charge >= 0.3 is 0 Å². The fourth-order valence-corrected chi connectivity index (χ4v) is 1.96. The molecule has 90 valence electrons. The van der Waals surface area contributed by atoms with Crippen molar-refractivity contribution in [2.24, 2.45) is 0 Å². The fraction of sp³-hybridized carbons (Fsp3) is 0.750. The minimum absolute atomic E-state index is 0.0896. The van der Waals surface area contributed by atoms with Crippen molar-refractivity contribution in [1.29, 1.82) is 0 Å². The third-order valence-corrected chi connectivity index (χ3v) is 2.88. The maximum atomic E-state index is 5.71. The van der Waals surface area contributed by atoms with E-state index < -0.39 is 0 Å². The van der Waals surface area contributed by atoms with Crippen molar-refractivity contribution in [2.45, 2.75) is 38.2 Å². The van der Waals surface area contributed by atoms with Crippen molar-refractivity contribution in [2.75, 3.05) is 20.2 Å². The number of hydrogen-bond donors (Lipinski definition) is 1. The summed E-state index contributed by atoms with van der Waals surface area (Å²) in [6.07, 6.45) is 7.36. The molecule has 4 heteroatoms. The largest absolute Gasteiger partial charge is 0.443 e. The second-order valence-electron chi connectivity index (χ2n) is 4.23. The second-order valence-corrected chi connectivity index (χ2v) is 4.23. The molecular weight excluding hydrogens is 204 g/mol. The molecule has 2 rings (SSSR count). The summed E-state index contributed by atoms with van der Waals surface area (Å²) < 4.78 is 11.3. The predicted octanol–water partition coefficient (Wildman–Crippen LogP) is 2.07. The Labute approximate surface area is 96.4 Å². The van der Waals surface area contributed by atoms with Crippen LogP contribution < -0.4 is 5.32 Å². The highest BCUT2D eigenvalue weighted by molar-refractivity contribution is 4.97. The standard InChI is InChI=1S/C12H20N2O2/c1-13-7-4-5-10-9-14-12(16-10)11-6-2-3-8-15-11/h9,11,13H,2-8H2,1H3. The van der Waals surface area contributed by atoms with E-state index in [9.17, 15) is 0 Å². The van der Waals surface area contributed by atoms with E-state index in [0.29, 0.717) is 0 Å². The highest BCUT2D eigenvalue weighted by Gasteiger charge is 2.20. The quantitative estimate of drug-likeness (QED) is 0.778. The molecule has 1 N–H and O–H groups in total. The number of ether oxygens (including phenoxy) is 1. The fourth-order valence-electron chi connectivity index (χ4n) is 1.96. The number of hydrogen-bond acceptors (Lipinski definition) is 4. The maximum absolute atomic E-state index is 5.71. The molecule has 1 aliphatic heterocycles. The molecule has 1 saturated heterocycles. The lowest BCUT2D eigenvalue weighted by atomic mass is 10.1. The Bertz CT molecular complexity index is 306. The molecule has 0 radical (unpaired) electrons. The smallest absolute Gasteiger partial charge is 0.223 e. The third kappa shape index (κ3) is 3.06. The van der Waals surface area contributed by atoms with Gasteiger partial charge in [-0.25, -0.2) is 4.98 Å². The van der Waals surface area contributed by atoms with E-state index in [4.69, 9.17) is 9.15 Å². The topological polar surface area (TPSA) is 47.3 Å². The van der Waals surface area contributed by atoms with E-state index in [-0.39, 0.29) is 6.10 Å². The van der Waals surface area contributed by atoms with Crippen LogP contribution in [0.25, 0.3) is 0 Å². The van der Waals surface area contributed by atoms with Crippen LogP contribution in [0.3, 0.4) is 0 Å². The van der Waals surface area contributed by atoms with Gasteiger partial charge in [-0.1, -0.05) is 0 Å². The monoisotopic (exact) mass is 224 g/mol. The van der Waals surface area contributed by atoms with Crippen molar-refractivity contribution < 1.29 is 9.15 Å². The zero-order valence-corrected chi connectivity index (χ0v) is 9.87. The number of aryl methyl sites for hydroxylation is 1. The Kier molecular flexibility index (Phi) is 4.36. The van der Waals surface area contributed by atoms with E-state index in [1.807, 2.05) is 13.2 Å². The van der Waals surface area contributed by atoms with Crippen LogP contribution in [0, 0.1) is 0 Å². The number of rotatable bonds is 5. The van der Waals surface area contributed by atoms with Crippen LogP contribution in [0.2, 0.25) is 0 Å². The van der Waals surface area contributed by atoms with Gasteiger partial charge in [-0.3, -0.25) is 0 Å². The Morgan fingerprint density at radius 2 is 2.44 bits per heavy atom. The van der Waals surface area contributed by atoms with Crippen LogP contribution in [0.15, 0.2) is 10.6 Å². The van der Waals surface area contributed by atoms with E-state index in [1.54, 1.807) is 0 Å². The number of nitrogens with one attached hydrogen (secondary N) is 1. The van der Waals surface area contributed by atoms with Gasteiger partial charge in [0.05, 0.1) is 6.20 Å². The first-order valence-electron chi connectivity index (χ1n) is 6.11. The van der Waals surface area contributed by atoms with Gasteiger partial charge in [-0.2, -0.15) is 0 Å². The summed E-state index contributed by atoms with van der Waals surface area (Å²) in [6, 6.07) is 0. The molecule has 4 nitrogen and oxygen atoms in total. The molecule has 0 spiro atoms. The molecule has 0 aromatic carbocycles. The maximum Gasteiger partial charge on any atom is 0.223 e. The van der Waals surface area contributed by atoms with Crippen LogP contribution in [-0.2, 0) is 11.2 Å². The van der Waals surface area contributed by atoms with Crippen molar-refractivity contribution in [3.05, 3.63) is 17.8 Å². The van der Waals surface area contributed by atoms with E-state index in [1.165, 1.54) is 6.42 Å². The van der Waals surface area contributed by atoms with Gasteiger partial charge in [0.2, 0.25) is 5.89 Å². The predicted molar refractivity (Wildman–Crippen MR) is 61.3 cm³/mol. The molecule has 0 saturated carbocycles. The Balaban J connectivity index is 1.85. The van der Waals surface area contributed by atoms with Gasteiger partial charge in [-0.05, 0) is 39.3 Å². The lowest BCUT2D eigenvalue weighted by Gasteiger charge is -2.19. The molecule has 0 amide bonds. The van der Waals surface area contributed by atoms with Crippen molar-refractivity contribution in [3.63, 3.8) is 0 Å². The zero-order valence-electron chi connectivity index (χ0n) is 9.87. The molecule has 1 aromatic heterocycles. The molecule has 1 unspecified atom stereocenters. The number of aromatic nitrogens is 1. The van der Waals surface area contributed by atoms with Crippen LogP contribution in [-0.4, -0.2) is 25.2 Å². The summed E-state index contributed by atoms with van der Waals surface area (Å²) in [6.45, 7) is 1.85. The number of oxazole rings is 1. The minimum atomic E-state index is 0.0896. The second kappa shape index (κ2) is 6.01. The van der Waals surface area contributed by atoms with Gasteiger partial charge in [0, 0.05) is 13.0 Å². The minimum Gasteiger partial charge on any atom is -0.443 e. The molecule has 0 bridgehead atoms. The van der Waals surface area contributed by atoms with Crippen LogP contribution in [0.5, 0.6) is 0 Å². The highest BCUT2D eigenvalue weighted by Crippen LogP contribution is 2.27. The average Bonchev–Trinajstić information content (AvgIpc) is 2.79. The molecular formula is C12H20N2O2. The highest BCUT2D eigenvalue weighted by atomic mass is 16.5. The average molecular weight is 224 g/mol. The molecule has 2 heterocycles. The molecule has 1 fully saturated rings. The molecule has 1 aromatic rings. The van der Waals surface area contributed by atoms with Gasteiger partial charge in [0.25, 0.3) is 0 Å². The summed E-state index contributed by atoms with van der Waals surface area (Å²) in [5, 5.41) is 3.12. The summed E-state index contributed by atoms with van der Waals surface area (Å²) >= 11 is 0. The van der Waals surface area contributed by atoms with E-state index in [0.717, 1.165) is 50.5 Å². The summed E-state index contributed by atoms with van der Waals surface area (Å²) in [5.41, 5.74) is 0. The molecule has 1 aliphatic rings. The van der Waals surface area contributed by atoms with Gasteiger partial charge in [-0.15, -0.1) is 0 Å². The van der Waals surface area contributed by atoms with Gasteiger partial charge in [0.15, 0.2) is 0 Å². The Hall–Kier alpha value is -0.870. The Morgan fingerprint density at radius 3 is 3.19 bits per heavy atom. The van der Waals surface area contributed by atoms with Crippen molar-refractivity contribution in [3.8, 4) is 0 Å². The first-order chi connectivity index (χ1) is 7.90. The van der Waals surface area contributed by atoms with Crippen LogP contribution in [0.4, 0.5) is 0 Å². The van der Waals surface area contributed by atoms with Crippen molar-refractivity contribution in [1.82, 2.24) is 10.3 Å². The molecule has 0 aliphatic carbocycles. The SMILES string of the molecule is CNCCCc1cnc(C2CCCCO2)o1. The van der Waals surface area contributed by atoms with Gasteiger partial charge in [0.1, 0.15) is 11.9 Å². The first kappa shape index (κ1) is 11.6.